The highest BCUT2D eigenvalue weighted by Gasteiger charge is 2.54. The van der Waals surface area contributed by atoms with Crippen LogP contribution in [0.2, 0.25) is 0 Å². The molecule has 9 nitrogen and oxygen atoms in total. The van der Waals surface area contributed by atoms with Crippen molar-refractivity contribution in [3.05, 3.63) is 83.0 Å². The molecule has 1 unspecified atom stereocenters. The third kappa shape index (κ3) is 4.33. The average Bonchev–Trinajstić information content (AvgIpc) is 2.99. The number of ether oxygens (including phenoxy) is 2. The first-order valence-corrected chi connectivity index (χ1v) is 12.0. The fraction of sp³-hybridized carbons (Fsp3) is 0.250. The molecule has 1 atom stereocenters. The Bertz CT molecular complexity index is 1340. The second-order valence-corrected chi connectivity index (χ2v) is 9.10. The second kappa shape index (κ2) is 9.50. The van der Waals surface area contributed by atoms with Gasteiger partial charge in [0.2, 0.25) is 5.91 Å². The maximum Gasteiger partial charge on any atom is 0.340 e. The lowest BCUT2D eigenvalue weighted by molar-refractivity contribution is -0.145. The summed E-state index contributed by atoms with van der Waals surface area (Å²) >= 11 is 0. The van der Waals surface area contributed by atoms with E-state index in [2.05, 4.69) is 5.32 Å². The van der Waals surface area contributed by atoms with Crippen LogP contribution in [0.15, 0.2) is 71.8 Å². The van der Waals surface area contributed by atoms with Gasteiger partial charge >= 0.3 is 11.9 Å². The molecular weight excluding hydrogens is 478 g/mol. The molecule has 3 aliphatic rings. The number of hydrogen-bond acceptors (Lipinski definition) is 7. The summed E-state index contributed by atoms with van der Waals surface area (Å²) in [7, 11) is 0. The van der Waals surface area contributed by atoms with Crippen LogP contribution >= 0.6 is 0 Å². The number of benzene rings is 2. The van der Waals surface area contributed by atoms with E-state index in [4.69, 9.17) is 14.6 Å². The number of aromatic hydroxyl groups is 2. The predicted octanol–water partition coefficient (Wildman–Crippen LogP) is 3.80. The monoisotopic (exact) mass is 503 g/mol. The zero-order valence-electron chi connectivity index (χ0n) is 19.8. The van der Waals surface area contributed by atoms with E-state index in [-0.39, 0.29) is 35.3 Å². The van der Waals surface area contributed by atoms with Gasteiger partial charge in [-0.3, -0.25) is 9.59 Å². The van der Waals surface area contributed by atoms with Gasteiger partial charge in [0, 0.05) is 41.8 Å². The number of carboxylic acids is 1. The van der Waals surface area contributed by atoms with Crippen molar-refractivity contribution in [3.8, 4) is 23.0 Å². The molecule has 9 heteroatoms. The van der Waals surface area contributed by atoms with E-state index in [1.165, 1.54) is 24.3 Å². The highest BCUT2D eigenvalue weighted by atomic mass is 16.6. The summed E-state index contributed by atoms with van der Waals surface area (Å²) in [6.45, 7) is 0.417. The maximum atomic E-state index is 13.1. The lowest BCUT2D eigenvalue weighted by Gasteiger charge is -2.37. The largest absolute Gasteiger partial charge is 0.508 e. The first-order chi connectivity index (χ1) is 17.8. The van der Waals surface area contributed by atoms with E-state index in [1.807, 2.05) is 0 Å². The summed E-state index contributed by atoms with van der Waals surface area (Å²) in [4.78, 5) is 36.6. The van der Waals surface area contributed by atoms with Crippen LogP contribution in [0.3, 0.4) is 0 Å². The fourth-order valence-corrected chi connectivity index (χ4v) is 4.90. The van der Waals surface area contributed by atoms with E-state index in [0.717, 1.165) is 0 Å². The Morgan fingerprint density at radius 3 is 2.22 bits per heavy atom. The molecule has 0 bridgehead atoms. The summed E-state index contributed by atoms with van der Waals surface area (Å²) in [5.41, 5.74) is 0.418. The average molecular weight is 504 g/mol. The Morgan fingerprint density at radius 2 is 1.57 bits per heavy atom. The van der Waals surface area contributed by atoms with Crippen LogP contribution in [0.4, 0.5) is 0 Å². The minimum atomic E-state index is -1.40. The van der Waals surface area contributed by atoms with Gasteiger partial charge in [-0.25, -0.2) is 4.79 Å². The van der Waals surface area contributed by atoms with Crippen molar-refractivity contribution in [1.29, 1.82) is 0 Å². The number of amides is 1. The number of aliphatic carboxylic acids is 1. The number of fused-ring (bicyclic) bond motifs is 5. The SMILES string of the molecule is O=C(O)CCCCCNC(=O)C1C=CC2=C(C=C1)C1(OC2=O)c2ccc(O)cc2Oc2cc(O)ccc21. The van der Waals surface area contributed by atoms with Crippen molar-refractivity contribution in [3.63, 3.8) is 0 Å². The summed E-state index contributed by atoms with van der Waals surface area (Å²) in [5, 5.41) is 31.7. The maximum absolute atomic E-state index is 13.1. The number of nitrogens with one attached hydrogen (secondary N) is 1. The molecule has 0 saturated carbocycles. The molecule has 0 saturated heterocycles. The Morgan fingerprint density at radius 1 is 0.919 bits per heavy atom. The molecule has 2 aromatic rings. The van der Waals surface area contributed by atoms with Gasteiger partial charge in [-0.05, 0) is 37.1 Å². The smallest absolute Gasteiger partial charge is 0.340 e. The molecule has 1 amide bonds. The molecule has 37 heavy (non-hydrogen) atoms. The van der Waals surface area contributed by atoms with Gasteiger partial charge in [-0.15, -0.1) is 0 Å². The van der Waals surface area contributed by atoms with E-state index in [9.17, 15) is 24.6 Å². The number of phenolic OH excluding ortho intramolecular Hbond substituents is 2. The van der Waals surface area contributed by atoms with Crippen molar-refractivity contribution in [2.45, 2.75) is 31.3 Å². The zero-order chi connectivity index (χ0) is 26.2. The number of esters is 1. The molecule has 2 aromatic carbocycles. The summed E-state index contributed by atoms with van der Waals surface area (Å²) in [6.07, 6.45) is 8.63. The molecule has 1 spiro atoms. The standard InChI is InChI=1S/C28H25NO8/c30-17-7-11-21-23(14-17)36-24-15-18(31)8-12-22(24)28(21)20-10-6-16(5-9-19(20)27(35)37-28)26(34)29-13-3-1-2-4-25(32)33/h5-12,14-16,30-31H,1-4,13H2,(H,29,34)(H,32,33). The number of phenols is 2. The van der Waals surface area contributed by atoms with E-state index < -0.39 is 23.5 Å². The lowest BCUT2D eigenvalue weighted by Crippen LogP contribution is -2.34. The number of rotatable bonds is 7. The fourth-order valence-electron chi connectivity index (χ4n) is 4.90. The van der Waals surface area contributed by atoms with Crippen LogP contribution in [0.1, 0.15) is 36.8 Å². The quantitative estimate of drug-likeness (QED) is 0.330. The van der Waals surface area contributed by atoms with Crippen LogP contribution in [0.5, 0.6) is 23.0 Å². The van der Waals surface area contributed by atoms with Gasteiger partial charge < -0.3 is 30.1 Å². The number of unbranched alkanes of at least 4 members (excludes halogenated alkanes) is 2. The highest BCUT2D eigenvalue weighted by Crippen LogP contribution is 2.57. The van der Waals surface area contributed by atoms with Crippen molar-refractivity contribution in [2.75, 3.05) is 6.54 Å². The Balaban J connectivity index is 1.44. The summed E-state index contributed by atoms with van der Waals surface area (Å²) < 4.78 is 12.0. The van der Waals surface area contributed by atoms with Crippen LogP contribution in [0, 0.1) is 5.92 Å². The minimum Gasteiger partial charge on any atom is -0.508 e. The van der Waals surface area contributed by atoms with Crippen LogP contribution < -0.4 is 10.1 Å². The van der Waals surface area contributed by atoms with E-state index in [0.29, 0.717) is 48.1 Å². The molecular formula is C28H25NO8. The molecule has 1 aliphatic carbocycles. The lowest BCUT2D eigenvalue weighted by atomic mass is 9.77. The molecule has 2 heterocycles. The molecule has 0 aromatic heterocycles. The van der Waals surface area contributed by atoms with Crippen molar-refractivity contribution >= 4 is 17.8 Å². The van der Waals surface area contributed by atoms with E-state index in [1.54, 1.807) is 36.4 Å². The number of carbonyl (C=O) groups excluding carboxylic acids is 2. The van der Waals surface area contributed by atoms with Gasteiger partial charge in [0.25, 0.3) is 0 Å². The van der Waals surface area contributed by atoms with Crippen molar-refractivity contribution < 1.29 is 39.2 Å². The number of carboxylic acid groups (broad SMARTS) is 1. The second-order valence-electron chi connectivity index (χ2n) is 9.10. The number of carbonyl (C=O) groups is 3. The number of hydrogen-bond donors (Lipinski definition) is 4. The van der Waals surface area contributed by atoms with Crippen LogP contribution in [-0.2, 0) is 24.7 Å². The third-order valence-electron chi connectivity index (χ3n) is 6.65. The topological polar surface area (TPSA) is 142 Å². The highest BCUT2D eigenvalue weighted by molar-refractivity contribution is 5.99. The Kier molecular flexibility index (Phi) is 6.20. The minimum absolute atomic E-state index is 0.0352. The van der Waals surface area contributed by atoms with Crippen LogP contribution in [0.25, 0.3) is 0 Å². The van der Waals surface area contributed by atoms with Gasteiger partial charge in [-0.1, -0.05) is 30.7 Å². The van der Waals surface area contributed by atoms with Gasteiger partial charge in [0.1, 0.15) is 23.0 Å². The zero-order valence-corrected chi connectivity index (χ0v) is 19.8. The third-order valence-corrected chi connectivity index (χ3v) is 6.65. The molecule has 5 rings (SSSR count). The van der Waals surface area contributed by atoms with Crippen molar-refractivity contribution in [2.24, 2.45) is 5.92 Å². The van der Waals surface area contributed by atoms with Gasteiger partial charge in [-0.2, -0.15) is 0 Å². The molecule has 0 radical (unpaired) electrons. The van der Waals surface area contributed by atoms with Crippen molar-refractivity contribution in [1.82, 2.24) is 5.32 Å². The van der Waals surface area contributed by atoms with E-state index >= 15 is 0 Å². The molecule has 2 aliphatic heterocycles. The molecule has 0 fully saturated rings. The Hall–Kier alpha value is -4.53. The molecule has 4 N–H and O–H groups in total. The predicted molar refractivity (Wildman–Crippen MR) is 131 cm³/mol. The van der Waals surface area contributed by atoms with Gasteiger partial charge in [0.05, 0.1) is 11.5 Å². The molecule has 190 valence electrons. The van der Waals surface area contributed by atoms with Gasteiger partial charge in [0.15, 0.2) is 5.60 Å². The first kappa shape index (κ1) is 24.2. The Labute approximate surface area is 212 Å². The first-order valence-electron chi connectivity index (χ1n) is 12.0. The van der Waals surface area contributed by atoms with Crippen LogP contribution in [-0.4, -0.2) is 39.7 Å². The summed E-state index contributed by atoms with van der Waals surface area (Å²) in [6, 6.07) is 9.04. The normalized spacial score (nSPS) is 18.4. The summed E-state index contributed by atoms with van der Waals surface area (Å²) in [5.74, 6) is -1.80.